The van der Waals surface area contributed by atoms with Gasteiger partial charge in [-0.05, 0) is 36.6 Å². The van der Waals surface area contributed by atoms with Crippen LogP contribution in [0.25, 0.3) is 0 Å². The molecule has 0 aromatic heterocycles. The van der Waals surface area contributed by atoms with E-state index in [9.17, 15) is 5.11 Å². The second kappa shape index (κ2) is 6.03. The third kappa shape index (κ3) is 3.34. The quantitative estimate of drug-likeness (QED) is 0.882. The maximum Gasteiger partial charge on any atom is 0.0502 e. The van der Waals surface area contributed by atoms with E-state index in [0.29, 0.717) is 0 Å². The van der Waals surface area contributed by atoms with E-state index in [0.717, 1.165) is 11.4 Å². The van der Waals surface area contributed by atoms with Gasteiger partial charge in [0.25, 0.3) is 0 Å². The van der Waals surface area contributed by atoms with Gasteiger partial charge in [-0.15, -0.1) is 0 Å². The molecule has 0 fully saturated rings. The van der Waals surface area contributed by atoms with Crippen LogP contribution in [0.1, 0.15) is 22.6 Å². The van der Waals surface area contributed by atoms with E-state index >= 15 is 0 Å². The summed E-state index contributed by atoms with van der Waals surface area (Å²) in [6.45, 7) is 2.22. The van der Waals surface area contributed by atoms with E-state index in [1.54, 1.807) is 0 Å². The third-order valence-corrected chi connectivity index (χ3v) is 3.42. The molecule has 0 heterocycles. The van der Waals surface area contributed by atoms with Crippen molar-refractivity contribution in [1.82, 2.24) is 0 Å². The van der Waals surface area contributed by atoms with Gasteiger partial charge in [0.05, 0.1) is 6.61 Å². The summed E-state index contributed by atoms with van der Waals surface area (Å²) in [6, 6.07) is 16.2. The van der Waals surface area contributed by atoms with Crippen LogP contribution in [0.4, 0.5) is 0 Å². The lowest BCUT2D eigenvalue weighted by Gasteiger charge is -2.15. The molecule has 1 atom stereocenters. The summed E-state index contributed by atoms with van der Waals surface area (Å²) in [4.78, 5) is 0. The average molecular weight is 261 g/mol. The summed E-state index contributed by atoms with van der Waals surface area (Å²) in [7, 11) is 0. The zero-order valence-corrected chi connectivity index (χ0v) is 11.2. The molecule has 2 aromatic rings. The molecule has 0 amide bonds. The number of aliphatic hydroxyl groups excluding tert-OH is 1. The van der Waals surface area contributed by atoms with Crippen molar-refractivity contribution in [1.29, 1.82) is 0 Å². The Balaban J connectivity index is 2.14. The average Bonchev–Trinajstić information content (AvgIpc) is 2.39. The van der Waals surface area contributed by atoms with E-state index in [2.05, 4.69) is 31.2 Å². The summed E-state index contributed by atoms with van der Waals surface area (Å²) in [5.41, 5.74) is 3.61. The van der Waals surface area contributed by atoms with Crippen LogP contribution >= 0.6 is 11.6 Å². The molecule has 0 radical (unpaired) electrons. The monoisotopic (exact) mass is 260 g/mol. The van der Waals surface area contributed by atoms with Crippen LogP contribution in [0.3, 0.4) is 0 Å². The van der Waals surface area contributed by atoms with Gasteiger partial charge in [-0.2, -0.15) is 0 Å². The molecule has 0 spiro atoms. The van der Waals surface area contributed by atoms with Crippen molar-refractivity contribution < 1.29 is 5.11 Å². The lowest BCUT2D eigenvalue weighted by molar-refractivity contribution is 0.264. The lowest BCUT2D eigenvalue weighted by atomic mass is 9.92. The predicted octanol–water partition coefficient (Wildman–Crippen LogP) is 3.97. The first kappa shape index (κ1) is 13.1. The summed E-state index contributed by atoms with van der Waals surface area (Å²) >= 11 is 5.87. The molecule has 0 aliphatic heterocycles. The van der Waals surface area contributed by atoms with Crippen LogP contribution in [0.2, 0.25) is 5.02 Å². The van der Waals surface area contributed by atoms with Crippen LogP contribution in [-0.2, 0) is 6.42 Å². The molecule has 0 bridgehead atoms. The van der Waals surface area contributed by atoms with E-state index in [1.807, 2.05) is 24.3 Å². The van der Waals surface area contributed by atoms with Crippen molar-refractivity contribution in [2.45, 2.75) is 19.3 Å². The van der Waals surface area contributed by atoms with Gasteiger partial charge in [0.2, 0.25) is 0 Å². The second-order valence-corrected chi connectivity index (χ2v) is 5.06. The smallest absolute Gasteiger partial charge is 0.0502 e. The van der Waals surface area contributed by atoms with Crippen molar-refractivity contribution in [2.24, 2.45) is 0 Å². The molecule has 1 unspecified atom stereocenters. The van der Waals surface area contributed by atoms with Crippen LogP contribution in [0.5, 0.6) is 0 Å². The number of aliphatic hydroxyl groups is 1. The summed E-state index contributed by atoms with van der Waals surface area (Å²) < 4.78 is 0. The van der Waals surface area contributed by atoms with Gasteiger partial charge < -0.3 is 5.11 Å². The van der Waals surface area contributed by atoms with Crippen molar-refractivity contribution in [3.63, 3.8) is 0 Å². The Morgan fingerprint density at radius 3 is 2.17 bits per heavy atom. The fraction of sp³-hybridized carbons (Fsp3) is 0.250. The highest BCUT2D eigenvalue weighted by molar-refractivity contribution is 6.30. The molecule has 2 aromatic carbocycles. The van der Waals surface area contributed by atoms with E-state index in [1.165, 1.54) is 16.7 Å². The molecule has 94 valence electrons. The van der Waals surface area contributed by atoms with Crippen LogP contribution in [0.15, 0.2) is 48.5 Å². The molecule has 0 aliphatic rings. The van der Waals surface area contributed by atoms with Crippen molar-refractivity contribution >= 4 is 11.6 Å². The van der Waals surface area contributed by atoms with Crippen LogP contribution < -0.4 is 0 Å². The maximum atomic E-state index is 9.54. The molecule has 0 aliphatic carbocycles. The Morgan fingerprint density at radius 2 is 1.61 bits per heavy atom. The Hall–Kier alpha value is -1.31. The third-order valence-electron chi connectivity index (χ3n) is 3.16. The SMILES string of the molecule is Cc1ccc(C(CO)Cc2ccc(Cl)cc2)cc1. The Bertz CT molecular complexity index is 488. The highest BCUT2D eigenvalue weighted by Crippen LogP contribution is 2.22. The van der Waals surface area contributed by atoms with Gasteiger partial charge in [-0.1, -0.05) is 53.6 Å². The number of rotatable bonds is 4. The number of benzene rings is 2. The van der Waals surface area contributed by atoms with Gasteiger partial charge >= 0.3 is 0 Å². The van der Waals surface area contributed by atoms with Gasteiger partial charge in [-0.25, -0.2) is 0 Å². The zero-order valence-electron chi connectivity index (χ0n) is 10.4. The van der Waals surface area contributed by atoms with Gasteiger partial charge in [0, 0.05) is 10.9 Å². The first-order chi connectivity index (χ1) is 8.69. The van der Waals surface area contributed by atoms with Crippen molar-refractivity contribution in [3.05, 3.63) is 70.2 Å². The minimum atomic E-state index is 0.145. The minimum Gasteiger partial charge on any atom is -0.396 e. The standard InChI is InChI=1S/C16H17ClO/c1-12-2-6-14(7-3-12)15(11-18)10-13-4-8-16(17)9-5-13/h2-9,15,18H,10-11H2,1H3. The van der Waals surface area contributed by atoms with E-state index < -0.39 is 0 Å². The Kier molecular flexibility index (Phi) is 4.40. The highest BCUT2D eigenvalue weighted by atomic mass is 35.5. The zero-order chi connectivity index (χ0) is 13.0. The summed E-state index contributed by atoms with van der Waals surface area (Å²) in [5.74, 6) is 0.145. The molecule has 0 saturated heterocycles. The molecular formula is C16H17ClO. The highest BCUT2D eigenvalue weighted by Gasteiger charge is 2.11. The minimum absolute atomic E-state index is 0.145. The largest absolute Gasteiger partial charge is 0.396 e. The Labute approximate surface area is 113 Å². The van der Waals surface area contributed by atoms with Gasteiger partial charge in [-0.3, -0.25) is 0 Å². The molecule has 2 rings (SSSR count). The molecular weight excluding hydrogens is 244 g/mol. The second-order valence-electron chi connectivity index (χ2n) is 4.62. The fourth-order valence-corrected chi connectivity index (χ4v) is 2.16. The topological polar surface area (TPSA) is 20.2 Å². The van der Waals surface area contributed by atoms with Crippen molar-refractivity contribution in [2.75, 3.05) is 6.61 Å². The maximum absolute atomic E-state index is 9.54. The van der Waals surface area contributed by atoms with Gasteiger partial charge in [0.15, 0.2) is 0 Å². The molecule has 1 N–H and O–H groups in total. The fourth-order valence-electron chi connectivity index (χ4n) is 2.03. The van der Waals surface area contributed by atoms with Crippen molar-refractivity contribution in [3.8, 4) is 0 Å². The van der Waals surface area contributed by atoms with Gasteiger partial charge in [0.1, 0.15) is 0 Å². The lowest BCUT2D eigenvalue weighted by Crippen LogP contribution is -2.07. The Morgan fingerprint density at radius 1 is 1.00 bits per heavy atom. The molecule has 18 heavy (non-hydrogen) atoms. The van der Waals surface area contributed by atoms with E-state index in [-0.39, 0.29) is 12.5 Å². The van der Waals surface area contributed by atoms with Crippen LogP contribution in [-0.4, -0.2) is 11.7 Å². The number of halogens is 1. The number of aryl methyl sites for hydroxylation is 1. The van der Waals surface area contributed by atoms with E-state index in [4.69, 9.17) is 11.6 Å². The summed E-state index contributed by atoms with van der Waals surface area (Å²) in [6.07, 6.45) is 0.830. The normalized spacial score (nSPS) is 12.4. The number of hydrogen-bond acceptors (Lipinski definition) is 1. The first-order valence-electron chi connectivity index (χ1n) is 6.11. The first-order valence-corrected chi connectivity index (χ1v) is 6.48. The summed E-state index contributed by atoms with van der Waals surface area (Å²) in [5, 5.41) is 10.3. The molecule has 0 saturated carbocycles. The van der Waals surface area contributed by atoms with Crippen LogP contribution in [0, 0.1) is 6.92 Å². The molecule has 1 nitrogen and oxygen atoms in total. The predicted molar refractivity (Wildman–Crippen MR) is 76.2 cm³/mol. The number of hydrogen-bond donors (Lipinski definition) is 1. The molecule has 2 heteroatoms.